The van der Waals surface area contributed by atoms with Gasteiger partial charge in [0.05, 0.1) is 25.7 Å². The van der Waals surface area contributed by atoms with Crippen molar-refractivity contribution in [1.82, 2.24) is 0 Å². The Morgan fingerprint density at radius 3 is 2.05 bits per heavy atom. The van der Waals surface area contributed by atoms with Crippen LogP contribution in [0.4, 0.5) is 0 Å². The summed E-state index contributed by atoms with van der Waals surface area (Å²) in [5.41, 5.74) is 0. The molecule has 0 aliphatic rings. The van der Waals surface area contributed by atoms with E-state index in [1.807, 2.05) is 13.8 Å². The van der Waals surface area contributed by atoms with Gasteiger partial charge in [-0.3, -0.25) is 9.59 Å². The Morgan fingerprint density at radius 1 is 1.00 bits per heavy atom. The lowest BCUT2D eigenvalue weighted by Gasteiger charge is -2.10. The summed E-state index contributed by atoms with van der Waals surface area (Å²) in [5, 5.41) is 9.59. The van der Waals surface area contributed by atoms with Gasteiger partial charge in [-0.15, -0.1) is 0 Å². The molecular weight excluding hydrogens is 248 g/mol. The number of carbonyl (C=O) groups is 2. The number of unbranched alkanes of at least 4 members (excludes halogenated alkanes) is 2. The van der Waals surface area contributed by atoms with Gasteiger partial charge in [0, 0.05) is 6.42 Å². The van der Waals surface area contributed by atoms with Crippen LogP contribution in [0, 0.1) is 0 Å². The van der Waals surface area contributed by atoms with Crippen LogP contribution < -0.4 is 0 Å². The zero-order chi connectivity index (χ0) is 14.5. The van der Waals surface area contributed by atoms with Gasteiger partial charge in [0.25, 0.3) is 0 Å². The quantitative estimate of drug-likeness (QED) is 0.462. The van der Waals surface area contributed by atoms with Crippen LogP contribution in [0.2, 0.25) is 0 Å². The molecule has 1 N–H and O–H groups in total. The van der Waals surface area contributed by atoms with E-state index in [0.717, 1.165) is 25.7 Å². The van der Waals surface area contributed by atoms with E-state index in [-0.39, 0.29) is 25.2 Å². The molecule has 0 bridgehead atoms. The van der Waals surface area contributed by atoms with Gasteiger partial charge in [-0.25, -0.2) is 0 Å². The lowest BCUT2D eigenvalue weighted by atomic mass is 10.1. The SMILES string of the molecule is CCCCOC(=O)CC[C@H](O)CC(=O)OCCCC. The van der Waals surface area contributed by atoms with Crippen molar-refractivity contribution in [2.45, 2.75) is 64.9 Å². The summed E-state index contributed by atoms with van der Waals surface area (Å²) in [7, 11) is 0. The molecule has 0 aliphatic heterocycles. The zero-order valence-electron chi connectivity index (χ0n) is 12.0. The summed E-state index contributed by atoms with van der Waals surface area (Å²) < 4.78 is 9.88. The van der Waals surface area contributed by atoms with Crippen molar-refractivity contribution in [2.24, 2.45) is 0 Å². The smallest absolute Gasteiger partial charge is 0.308 e. The fourth-order valence-electron chi connectivity index (χ4n) is 1.37. The lowest BCUT2D eigenvalue weighted by Crippen LogP contribution is -2.18. The van der Waals surface area contributed by atoms with Crippen molar-refractivity contribution < 1.29 is 24.2 Å². The molecule has 0 aromatic rings. The van der Waals surface area contributed by atoms with Gasteiger partial charge in [-0.1, -0.05) is 26.7 Å². The summed E-state index contributed by atoms with van der Waals surface area (Å²) >= 11 is 0. The van der Waals surface area contributed by atoms with E-state index < -0.39 is 12.1 Å². The number of hydrogen-bond acceptors (Lipinski definition) is 5. The van der Waals surface area contributed by atoms with Gasteiger partial charge in [0.15, 0.2) is 0 Å². The van der Waals surface area contributed by atoms with Gasteiger partial charge in [-0.2, -0.15) is 0 Å². The highest BCUT2D eigenvalue weighted by Crippen LogP contribution is 2.05. The van der Waals surface area contributed by atoms with Crippen molar-refractivity contribution in [1.29, 1.82) is 0 Å². The summed E-state index contributed by atoms with van der Waals surface area (Å²) in [6.07, 6.45) is 3.06. The first kappa shape index (κ1) is 17.9. The van der Waals surface area contributed by atoms with Crippen LogP contribution in [-0.4, -0.2) is 36.4 Å². The minimum atomic E-state index is -0.840. The molecule has 0 heterocycles. The molecule has 0 spiro atoms. The predicted octanol–water partition coefficient (Wildman–Crippen LogP) is 2.20. The Kier molecular flexibility index (Phi) is 11.3. The average Bonchev–Trinajstić information content (AvgIpc) is 2.37. The second-order valence-corrected chi connectivity index (χ2v) is 4.54. The molecule has 112 valence electrons. The maximum absolute atomic E-state index is 11.3. The first-order valence-electron chi connectivity index (χ1n) is 7.09. The summed E-state index contributed by atoms with van der Waals surface area (Å²) in [4.78, 5) is 22.6. The third-order valence-corrected chi connectivity index (χ3v) is 2.61. The third kappa shape index (κ3) is 11.7. The van der Waals surface area contributed by atoms with E-state index in [4.69, 9.17) is 9.47 Å². The maximum atomic E-state index is 11.3. The van der Waals surface area contributed by atoms with E-state index >= 15 is 0 Å². The van der Waals surface area contributed by atoms with Crippen LogP contribution in [0.1, 0.15) is 58.8 Å². The number of esters is 2. The van der Waals surface area contributed by atoms with Gasteiger partial charge in [0.2, 0.25) is 0 Å². The second kappa shape index (κ2) is 12.0. The molecule has 0 rings (SSSR count). The Bertz CT molecular complexity index is 252. The van der Waals surface area contributed by atoms with E-state index in [1.165, 1.54) is 0 Å². The molecule has 0 saturated carbocycles. The number of ether oxygens (including phenoxy) is 2. The van der Waals surface area contributed by atoms with Crippen LogP contribution in [0.15, 0.2) is 0 Å². The number of aliphatic hydroxyl groups excluding tert-OH is 1. The van der Waals surface area contributed by atoms with Crippen LogP contribution in [-0.2, 0) is 19.1 Å². The summed E-state index contributed by atoms with van der Waals surface area (Å²) in [5.74, 6) is -0.743. The van der Waals surface area contributed by atoms with Crippen molar-refractivity contribution in [3.8, 4) is 0 Å². The minimum Gasteiger partial charge on any atom is -0.466 e. The van der Waals surface area contributed by atoms with Crippen LogP contribution in [0.3, 0.4) is 0 Å². The zero-order valence-corrected chi connectivity index (χ0v) is 12.0. The minimum absolute atomic E-state index is 0.0635. The van der Waals surface area contributed by atoms with Gasteiger partial charge >= 0.3 is 11.9 Å². The molecule has 0 aliphatic carbocycles. The Hall–Kier alpha value is -1.10. The van der Waals surface area contributed by atoms with Gasteiger partial charge in [-0.05, 0) is 19.3 Å². The normalized spacial score (nSPS) is 11.9. The van der Waals surface area contributed by atoms with Gasteiger partial charge in [0.1, 0.15) is 0 Å². The van der Waals surface area contributed by atoms with Crippen molar-refractivity contribution in [2.75, 3.05) is 13.2 Å². The van der Waals surface area contributed by atoms with Crippen molar-refractivity contribution >= 4 is 11.9 Å². The van der Waals surface area contributed by atoms with Crippen molar-refractivity contribution in [3.05, 3.63) is 0 Å². The maximum Gasteiger partial charge on any atom is 0.308 e. The van der Waals surface area contributed by atoms with E-state index in [1.54, 1.807) is 0 Å². The topological polar surface area (TPSA) is 72.8 Å². The van der Waals surface area contributed by atoms with Crippen molar-refractivity contribution in [3.63, 3.8) is 0 Å². The fraction of sp³-hybridized carbons (Fsp3) is 0.857. The monoisotopic (exact) mass is 274 g/mol. The number of aliphatic hydroxyl groups is 1. The highest BCUT2D eigenvalue weighted by molar-refractivity contribution is 5.71. The molecule has 0 fully saturated rings. The Balaban J connectivity index is 3.59. The highest BCUT2D eigenvalue weighted by Gasteiger charge is 2.14. The molecule has 1 atom stereocenters. The molecule has 0 saturated heterocycles. The number of carbonyl (C=O) groups excluding carboxylic acids is 2. The molecule has 5 heteroatoms. The molecule has 0 aromatic heterocycles. The van der Waals surface area contributed by atoms with Crippen LogP contribution in [0.25, 0.3) is 0 Å². The molecular formula is C14H26O5. The van der Waals surface area contributed by atoms with Crippen LogP contribution >= 0.6 is 0 Å². The number of rotatable bonds is 11. The fourth-order valence-corrected chi connectivity index (χ4v) is 1.37. The highest BCUT2D eigenvalue weighted by atomic mass is 16.5. The van der Waals surface area contributed by atoms with E-state index in [9.17, 15) is 14.7 Å². The van der Waals surface area contributed by atoms with E-state index in [0.29, 0.717) is 13.2 Å². The molecule has 0 amide bonds. The first-order valence-corrected chi connectivity index (χ1v) is 7.09. The first-order chi connectivity index (χ1) is 9.10. The largest absolute Gasteiger partial charge is 0.466 e. The Labute approximate surface area is 115 Å². The van der Waals surface area contributed by atoms with E-state index in [2.05, 4.69) is 0 Å². The molecule has 5 nitrogen and oxygen atoms in total. The molecule has 19 heavy (non-hydrogen) atoms. The lowest BCUT2D eigenvalue weighted by molar-refractivity contribution is -0.148. The third-order valence-electron chi connectivity index (χ3n) is 2.61. The number of hydrogen-bond donors (Lipinski definition) is 1. The summed E-state index contributed by atoms with van der Waals surface area (Å²) in [6.45, 7) is 4.83. The average molecular weight is 274 g/mol. The summed E-state index contributed by atoms with van der Waals surface area (Å²) in [6, 6.07) is 0. The standard InChI is InChI=1S/C14H26O5/c1-3-5-9-18-13(16)8-7-12(15)11-14(17)19-10-6-4-2/h12,15H,3-11H2,1-2H3/t12-/m0/s1. The molecule has 0 radical (unpaired) electrons. The molecule has 0 unspecified atom stereocenters. The van der Waals surface area contributed by atoms with Gasteiger partial charge < -0.3 is 14.6 Å². The molecule has 0 aromatic carbocycles. The van der Waals surface area contributed by atoms with Crippen LogP contribution in [0.5, 0.6) is 0 Å². The Morgan fingerprint density at radius 2 is 1.53 bits per heavy atom. The predicted molar refractivity (Wildman–Crippen MR) is 71.6 cm³/mol. The second-order valence-electron chi connectivity index (χ2n) is 4.54.